The maximum atomic E-state index is 5.30. The molecule has 3 aliphatic rings. The first-order valence-electron chi connectivity index (χ1n) is 25.6. The lowest BCUT2D eigenvalue weighted by Gasteiger charge is -2.42. The lowest BCUT2D eigenvalue weighted by atomic mass is 9.60. The first-order valence-corrected chi connectivity index (χ1v) is 25.6. The molecule has 6 heteroatoms. The van der Waals surface area contributed by atoms with Crippen LogP contribution in [0, 0.1) is 0 Å². The van der Waals surface area contributed by atoms with E-state index in [0.29, 0.717) is 23.3 Å². The number of nitrogens with zero attached hydrogens (tertiary/aromatic N) is 6. The highest BCUT2D eigenvalue weighted by atomic mass is 15.0. The Morgan fingerprint density at radius 2 is 0.653 bits per heavy atom. The van der Waals surface area contributed by atoms with Gasteiger partial charge >= 0.3 is 0 Å². The van der Waals surface area contributed by atoms with Crippen LogP contribution < -0.4 is 0 Å². The minimum atomic E-state index is 0.0717. The van der Waals surface area contributed by atoms with Crippen LogP contribution in [0.15, 0.2) is 255 Å². The number of aromatic nitrogens is 6. The summed E-state index contributed by atoms with van der Waals surface area (Å²) in [7, 11) is 0. The molecule has 16 rings (SSSR count). The van der Waals surface area contributed by atoms with Crippen molar-refractivity contribution in [2.24, 2.45) is 0 Å². The fourth-order valence-corrected chi connectivity index (χ4v) is 11.8. The molecule has 350 valence electrons. The molecule has 2 unspecified atom stereocenters. The molecule has 0 fully saturated rings. The third-order valence-electron chi connectivity index (χ3n) is 15.3. The van der Waals surface area contributed by atoms with Gasteiger partial charge in [-0.05, 0) is 80.9 Å². The zero-order valence-corrected chi connectivity index (χ0v) is 40.6. The lowest BCUT2D eigenvalue weighted by Crippen LogP contribution is -2.27. The zero-order valence-electron chi connectivity index (χ0n) is 40.6. The molecule has 3 aromatic heterocycles. The van der Waals surface area contributed by atoms with Gasteiger partial charge in [0.15, 0.2) is 23.3 Å². The van der Waals surface area contributed by atoms with Crippen molar-refractivity contribution in [3.8, 4) is 84.9 Å². The van der Waals surface area contributed by atoms with Crippen molar-refractivity contribution >= 4 is 21.8 Å². The molecule has 10 aromatic carbocycles. The molecule has 2 atom stereocenters. The van der Waals surface area contributed by atoms with Crippen LogP contribution in [0.3, 0.4) is 0 Å². The largest absolute Gasteiger partial charge is 0.309 e. The topological polar surface area (TPSA) is 69.4 Å². The SMILES string of the molecule is c1ccc(-c2nc(-c3ccc(-c4ccc5c(c4)C4c6ccccc6C5c5cc(-c6nc(-c7ccccc7)nc(-c7ccccc7)n6)ccc54)cc3)cc(-c3ccccc3-n3c4ccccc4c4ccccc43)n2)cc1. The first kappa shape index (κ1) is 42.7. The monoisotopic (exact) mass is 956 g/mol. The van der Waals surface area contributed by atoms with Crippen molar-refractivity contribution < 1.29 is 0 Å². The maximum Gasteiger partial charge on any atom is 0.164 e. The fraction of sp³-hybridized carbons (Fsp3) is 0.0290. The van der Waals surface area contributed by atoms with Gasteiger partial charge in [0.25, 0.3) is 0 Å². The molecule has 0 saturated carbocycles. The Kier molecular flexibility index (Phi) is 9.91. The summed E-state index contributed by atoms with van der Waals surface area (Å²) in [6.45, 7) is 0. The van der Waals surface area contributed by atoms with Gasteiger partial charge in [0.05, 0.1) is 28.1 Å². The van der Waals surface area contributed by atoms with Gasteiger partial charge in [-0.15, -0.1) is 0 Å². The summed E-state index contributed by atoms with van der Waals surface area (Å²) in [6.07, 6.45) is 0. The molecule has 0 saturated heterocycles. The summed E-state index contributed by atoms with van der Waals surface area (Å²) in [4.78, 5) is 25.7. The summed E-state index contributed by atoms with van der Waals surface area (Å²) in [6, 6.07) is 90.5. The van der Waals surface area contributed by atoms with E-state index in [2.05, 4.69) is 205 Å². The number of hydrogen-bond acceptors (Lipinski definition) is 5. The molecule has 0 radical (unpaired) electrons. The van der Waals surface area contributed by atoms with Gasteiger partial charge in [0.1, 0.15) is 0 Å². The molecule has 2 bridgehead atoms. The van der Waals surface area contributed by atoms with Crippen molar-refractivity contribution in [3.05, 3.63) is 288 Å². The van der Waals surface area contributed by atoms with Crippen LogP contribution in [0.2, 0.25) is 0 Å². The van der Waals surface area contributed by atoms with Crippen LogP contribution in [0.4, 0.5) is 0 Å². The molecule has 3 heterocycles. The summed E-state index contributed by atoms with van der Waals surface area (Å²) < 4.78 is 2.37. The lowest BCUT2D eigenvalue weighted by molar-refractivity contribution is 0.755. The molecule has 13 aromatic rings. The van der Waals surface area contributed by atoms with Gasteiger partial charge in [-0.2, -0.15) is 0 Å². The van der Waals surface area contributed by atoms with Gasteiger partial charge < -0.3 is 4.57 Å². The van der Waals surface area contributed by atoms with Crippen LogP contribution in [0.1, 0.15) is 45.2 Å². The van der Waals surface area contributed by atoms with Gasteiger partial charge in [0.2, 0.25) is 0 Å². The molecule has 0 N–H and O–H groups in total. The quantitative estimate of drug-likeness (QED) is 0.152. The minimum absolute atomic E-state index is 0.0717. The minimum Gasteiger partial charge on any atom is -0.309 e. The number of fused-ring (bicyclic) bond motifs is 3. The molecular weight excluding hydrogens is 913 g/mol. The number of benzene rings is 10. The molecule has 6 nitrogen and oxygen atoms in total. The van der Waals surface area contributed by atoms with Crippen molar-refractivity contribution in [2.45, 2.75) is 11.8 Å². The highest BCUT2D eigenvalue weighted by Crippen LogP contribution is 2.57. The molecule has 0 amide bonds. The van der Waals surface area contributed by atoms with Gasteiger partial charge in [-0.1, -0.05) is 218 Å². The maximum absolute atomic E-state index is 5.30. The van der Waals surface area contributed by atoms with E-state index in [1.807, 2.05) is 54.6 Å². The second kappa shape index (κ2) is 17.4. The molecule has 3 aliphatic carbocycles. The number of para-hydroxylation sites is 3. The normalized spacial score (nSPS) is 14.1. The predicted molar refractivity (Wildman–Crippen MR) is 303 cm³/mol. The van der Waals surface area contributed by atoms with Crippen LogP contribution in [0.25, 0.3) is 107 Å². The highest BCUT2D eigenvalue weighted by molar-refractivity contribution is 6.09. The zero-order chi connectivity index (χ0) is 49.4. The molecule has 0 aliphatic heterocycles. The fourth-order valence-electron chi connectivity index (χ4n) is 11.8. The van der Waals surface area contributed by atoms with Crippen LogP contribution in [-0.2, 0) is 0 Å². The van der Waals surface area contributed by atoms with Crippen molar-refractivity contribution in [2.75, 3.05) is 0 Å². The average molecular weight is 957 g/mol. The first-order chi connectivity index (χ1) is 37.2. The third kappa shape index (κ3) is 7.13. The molecule has 75 heavy (non-hydrogen) atoms. The van der Waals surface area contributed by atoms with Crippen LogP contribution >= 0.6 is 0 Å². The summed E-state index contributed by atoms with van der Waals surface area (Å²) in [5.41, 5.74) is 21.4. The van der Waals surface area contributed by atoms with Crippen molar-refractivity contribution in [1.29, 1.82) is 0 Å². The van der Waals surface area contributed by atoms with E-state index in [0.717, 1.165) is 67.1 Å². The second-order valence-corrected chi connectivity index (χ2v) is 19.5. The Morgan fingerprint density at radius 1 is 0.253 bits per heavy atom. The van der Waals surface area contributed by atoms with E-state index in [4.69, 9.17) is 24.9 Å². The summed E-state index contributed by atoms with van der Waals surface area (Å²) >= 11 is 0. The average Bonchev–Trinajstić information content (AvgIpc) is 3.83. The number of hydrogen-bond donors (Lipinski definition) is 0. The van der Waals surface area contributed by atoms with Crippen LogP contribution in [0.5, 0.6) is 0 Å². The standard InChI is InChI=1S/C69H44N6/c1-4-18-45(19-5-1)66-70-59(42-60(71-66)56-28-14-17-31-63(56)75-61-29-15-12-24-50(61)51-25-13-16-30-62(51)75)44-34-32-43(33-35-44)48-36-38-54-57(40-48)64-52-26-10-11-27-53(52)65(54)58-41-49(37-39-55(58)64)69-73-67(46-20-6-2-7-21-46)72-68(74-69)47-22-8-3-9-23-47/h1-42,64-65H. The van der Waals surface area contributed by atoms with Gasteiger partial charge in [-0.3, -0.25) is 0 Å². The van der Waals surface area contributed by atoms with E-state index in [-0.39, 0.29) is 11.8 Å². The van der Waals surface area contributed by atoms with Crippen molar-refractivity contribution in [3.63, 3.8) is 0 Å². The van der Waals surface area contributed by atoms with Crippen LogP contribution in [-0.4, -0.2) is 29.5 Å². The third-order valence-corrected chi connectivity index (χ3v) is 15.3. The van der Waals surface area contributed by atoms with E-state index < -0.39 is 0 Å². The summed E-state index contributed by atoms with van der Waals surface area (Å²) in [5.74, 6) is 2.82. The van der Waals surface area contributed by atoms with E-state index in [1.165, 1.54) is 49.7 Å². The molecular formula is C69H44N6. The highest BCUT2D eigenvalue weighted by Gasteiger charge is 2.41. The second-order valence-electron chi connectivity index (χ2n) is 19.5. The van der Waals surface area contributed by atoms with E-state index in [1.54, 1.807) is 0 Å². The van der Waals surface area contributed by atoms with Gasteiger partial charge in [0, 0.05) is 56.0 Å². The Balaban J connectivity index is 0.801. The Bertz CT molecular complexity index is 4250. The Labute approximate surface area is 434 Å². The smallest absolute Gasteiger partial charge is 0.164 e. The van der Waals surface area contributed by atoms with E-state index in [9.17, 15) is 0 Å². The molecule has 0 spiro atoms. The van der Waals surface area contributed by atoms with Gasteiger partial charge in [-0.25, -0.2) is 24.9 Å². The number of rotatable bonds is 8. The summed E-state index contributed by atoms with van der Waals surface area (Å²) in [5, 5.41) is 2.44. The predicted octanol–water partition coefficient (Wildman–Crippen LogP) is 16.4. The van der Waals surface area contributed by atoms with E-state index >= 15 is 0 Å². The Morgan fingerprint density at radius 3 is 1.23 bits per heavy atom. The Hall–Kier alpha value is -9.91. The van der Waals surface area contributed by atoms with Crippen molar-refractivity contribution in [1.82, 2.24) is 29.5 Å².